The lowest BCUT2D eigenvalue weighted by Gasteiger charge is -2.19. The van der Waals surface area contributed by atoms with Gasteiger partial charge in [-0.25, -0.2) is 4.79 Å². The third-order valence-electron chi connectivity index (χ3n) is 4.79. The van der Waals surface area contributed by atoms with Crippen molar-refractivity contribution in [3.63, 3.8) is 0 Å². The highest BCUT2D eigenvalue weighted by atomic mass is 32.1. The average Bonchev–Trinajstić information content (AvgIpc) is 3.20. The molecule has 1 aromatic carbocycles. The van der Waals surface area contributed by atoms with Crippen LogP contribution in [0.15, 0.2) is 57.4 Å². The van der Waals surface area contributed by atoms with Gasteiger partial charge in [0, 0.05) is 37.3 Å². The van der Waals surface area contributed by atoms with Crippen LogP contribution in [0, 0.1) is 0 Å². The van der Waals surface area contributed by atoms with Gasteiger partial charge in [0.1, 0.15) is 0 Å². The van der Waals surface area contributed by atoms with E-state index in [9.17, 15) is 9.59 Å². The predicted molar refractivity (Wildman–Crippen MR) is 110 cm³/mol. The zero-order valence-electron chi connectivity index (χ0n) is 15.9. The van der Waals surface area contributed by atoms with Crippen LogP contribution in [0.5, 0.6) is 0 Å². The minimum Gasteiger partial charge on any atom is -0.300 e. The fourth-order valence-corrected chi connectivity index (χ4v) is 3.99. The first kappa shape index (κ1) is 19.3. The second kappa shape index (κ2) is 8.50. The summed E-state index contributed by atoms with van der Waals surface area (Å²) in [4.78, 5) is 25.3. The van der Waals surface area contributed by atoms with Crippen molar-refractivity contribution in [2.45, 2.75) is 32.4 Å². The summed E-state index contributed by atoms with van der Waals surface area (Å²) in [6.45, 7) is 2.61. The quantitative estimate of drug-likeness (QED) is 0.682. The van der Waals surface area contributed by atoms with Crippen molar-refractivity contribution in [2.75, 3.05) is 0 Å². The summed E-state index contributed by atoms with van der Waals surface area (Å²) < 4.78 is 2.64. The molecule has 3 rings (SSSR count). The van der Waals surface area contributed by atoms with Gasteiger partial charge in [0.05, 0.1) is 6.04 Å². The molecule has 2 aromatic heterocycles. The Morgan fingerprint density at radius 1 is 1.07 bits per heavy atom. The second-order valence-electron chi connectivity index (χ2n) is 6.70. The highest BCUT2D eigenvalue weighted by molar-refractivity contribution is 7.10. The number of nitrogens with one attached hydrogen (secondary N) is 1. The Labute approximate surface area is 162 Å². The van der Waals surface area contributed by atoms with Gasteiger partial charge in [-0.05, 0) is 29.0 Å². The summed E-state index contributed by atoms with van der Waals surface area (Å²) in [5.41, 5.74) is 2.58. The molecule has 0 saturated carbocycles. The molecular formula is C21H25N3O2S. The van der Waals surface area contributed by atoms with Gasteiger partial charge >= 0.3 is 5.69 Å². The molecule has 1 atom stereocenters. The van der Waals surface area contributed by atoms with E-state index in [4.69, 9.17) is 0 Å². The number of aromatic nitrogens is 2. The fourth-order valence-electron chi connectivity index (χ4n) is 3.16. The number of aryl methyl sites for hydroxylation is 1. The van der Waals surface area contributed by atoms with Crippen molar-refractivity contribution >= 4 is 11.3 Å². The van der Waals surface area contributed by atoms with Crippen LogP contribution >= 0.6 is 11.3 Å². The van der Waals surface area contributed by atoms with Crippen molar-refractivity contribution in [3.05, 3.63) is 90.4 Å². The van der Waals surface area contributed by atoms with Gasteiger partial charge in [0.2, 0.25) is 0 Å². The Balaban J connectivity index is 1.88. The molecular weight excluding hydrogens is 358 g/mol. The number of hydrogen-bond acceptors (Lipinski definition) is 4. The lowest BCUT2D eigenvalue weighted by Crippen LogP contribution is -2.39. The molecule has 6 heteroatoms. The maximum absolute atomic E-state index is 12.2. The van der Waals surface area contributed by atoms with E-state index < -0.39 is 0 Å². The predicted octanol–water partition coefficient (Wildman–Crippen LogP) is 2.98. The van der Waals surface area contributed by atoms with Crippen molar-refractivity contribution in [2.24, 2.45) is 14.1 Å². The molecule has 0 fully saturated rings. The standard InChI is InChI=1S/C21H25N3O2S/c1-4-6-15-8-10-16(11-9-15)20(18-7-5-12-27-18)22-14-17-13-19(25)24(3)21(26)23(17)2/h5,7-13,20,22H,4,6,14H2,1-3H3. The minimum atomic E-state index is -0.309. The van der Waals surface area contributed by atoms with E-state index >= 15 is 0 Å². The first-order chi connectivity index (χ1) is 13.0. The normalized spacial score (nSPS) is 12.3. The Hall–Kier alpha value is -2.44. The molecule has 0 saturated heterocycles. The molecule has 0 aliphatic rings. The second-order valence-corrected chi connectivity index (χ2v) is 7.67. The first-order valence-electron chi connectivity index (χ1n) is 9.12. The van der Waals surface area contributed by atoms with E-state index in [0.29, 0.717) is 12.2 Å². The van der Waals surface area contributed by atoms with Gasteiger partial charge in [0.25, 0.3) is 5.56 Å². The molecule has 5 nitrogen and oxygen atoms in total. The van der Waals surface area contributed by atoms with Crippen molar-refractivity contribution in [1.82, 2.24) is 14.5 Å². The molecule has 0 aliphatic heterocycles. The number of benzene rings is 1. The molecule has 0 bridgehead atoms. The molecule has 142 valence electrons. The van der Waals surface area contributed by atoms with E-state index in [2.05, 4.69) is 48.0 Å². The van der Waals surface area contributed by atoms with Crippen molar-refractivity contribution in [3.8, 4) is 0 Å². The van der Waals surface area contributed by atoms with E-state index in [1.807, 2.05) is 6.07 Å². The van der Waals surface area contributed by atoms with E-state index in [0.717, 1.165) is 17.4 Å². The molecule has 2 heterocycles. The highest BCUT2D eigenvalue weighted by Gasteiger charge is 2.16. The maximum Gasteiger partial charge on any atom is 0.330 e. The largest absolute Gasteiger partial charge is 0.330 e. The van der Waals surface area contributed by atoms with Gasteiger partial charge < -0.3 is 0 Å². The van der Waals surface area contributed by atoms with Crippen LogP contribution in [0.4, 0.5) is 0 Å². The van der Waals surface area contributed by atoms with Crippen LogP contribution in [0.25, 0.3) is 0 Å². The number of rotatable bonds is 7. The lowest BCUT2D eigenvalue weighted by molar-refractivity contribution is 0.564. The van der Waals surface area contributed by atoms with Gasteiger partial charge in [-0.2, -0.15) is 0 Å². The monoisotopic (exact) mass is 383 g/mol. The third kappa shape index (κ3) is 4.28. The number of thiophene rings is 1. The van der Waals surface area contributed by atoms with Gasteiger partial charge in [-0.3, -0.25) is 19.2 Å². The van der Waals surface area contributed by atoms with Gasteiger partial charge in [0.15, 0.2) is 0 Å². The van der Waals surface area contributed by atoms with Crippen LogP contribution in [0.1, 0.15) is 41.1 Å². The van der Waals surface area contributed by atoms with Gasteiger partial charge in [-0.1, -0.05) is 43.7 Å². The Morgan fingerprint density at radius 3 is 2.44 bits per heavy atom. The summed E-state index contributed by atoms with van der Waals surface area (Å²) in [6.07, 6.45) is 2.20. The summed E-state index contributed by atoms with van der Waals surface area (Å²) in [5, 5.41) is 5.58. The highest BCUT2D eigenvalue weighted by Crippen LogP contribution is 2.26. The molecule has 1 N–H and O–H groups in total. The topological polar surface area (TPSA) is 56.0 Å². The SMILES string of the molecule is CCCc1ccc(C(NCc2cc(=O)n(C)c(=O)n2C)c2cccs2)cc1. The molecule has 27 heavy (non-hydrogen) atoms. The van der Waals surface area contributed by atoms with E-state index in [1.165, 1.54) is 33.7 Å². The van der Waals surface area contributed by atoms with Crippen molar-refractivity contribution < 1.29 is 0 Å². The number of hydrogen-bond donors (Lipinski definition) is 1. The van der Waals surface area contributed by atoms with Crippen molar-refractivity contribution in [1.29, 1.82) is 0 Å². The molecule has 1 unspecified atom stereocenters. The third-order valence-corrected chi connectivity index (χ3v) is 5.73. The Morgan fingerprint density at radius 2 is 1.81 bits per heavy atom. The van der Waals surface area contributed by atoms with E-state index in [-0.39, 0.29) is 17.3 Å². The minimum absolute atomic E-state index is 0.0137. The summed E-state index contributed by atoms with van der Waals surface area (Å²) >= 11 is 1.69. The lowest BCUT2D eigenvalue weighted by atomic mass is 10.0. The first-order valence-corrected chi connectivity index (χ1v) is 10.0. The number of nitrogens with zero attached hydrogens (tertiary/aromatic N) is 2. The molecule has 0 radical (unpaired) electrons. The molecule has 0 amide bonds. The van der Waals surface area contributed by atoms with E-state index in [1.54, 1.807) is 18.4 Å². The Kier molecular flexibility index (Phi) is 6.08. The molecule has 0 aliphatic carbocycles. The van der Waals surface area contributed by atoms with Crippen LogP contribution in [0.2, 0.25) is 0 Å². The van der Waals surface area contributed by atoms with Crippen LogP contribution in [-0.4, -0.2) is 9.13 Å². The van der Waals surface area contributed by atoms with Crippen LogP contribution in [-0.2, 0) is 27.1 Å². The average molecular weight is 384 g/mol. The Bertz CT molecular complexity index is 1000. The van der Waals surface area contributed by atoms with Gasteiger partial charge in [-0.15, -0.1) is 11.3 Å². The summed E-state index contributed by atoms with van der Waals surface area (Å²) in [5.74, 6) is 0. The molecule has 3 aromatic rings. The molecule has 0 spiro atoms. The van der Waals surface area contributed by atoms with Crippen LogP contribution in [0.3, 0.4) is 0 Å². The maximum atomic E-state index is 12.2. The smallest absolute Gasteiger partial charge is 0.300 e. The fraction of sp³-hybridized carbons (Fsp3) is 0.333. The zero-order valence-corrected chi connectivity index (χ0v) is 16.8. The summed E-state index contributed by atoms with van der Waals surface area (Å²) in [7, 11) is 3.19. The van der Waals surface area contributed by atoms with Crippen LogP contribution < -0.4 is 16.6 Å². The zero-order chi connectivity index (χ0) is 19.4. The summed E-state index contributed by atoms with van der Waals surface area (Å²) in [6, 6.07) is 14.3.